The molecular weight excluding hydrogens is 160 g/mol. The number of aliphatic hydroxyl groups excluding tert-OH is 4. The molecule has 2 unspecified atom stereocenters. The second kappa shape index (κ2) is 5.91. The maximum atomic E-state index is 9.18. The Morgan fingerprint density at radius 1 is 1.33 bits per heavy atom. The van der Waals surface area contributed by atoms with Crippen molar-refractivity contribution in [1.82, 2.24) is 0 Å². The van der Waals surface area contributed by atoms with Crippen LogP contribution in [0.15, 0.2) is 24.3 Å². The Bertz CT molecular complexity index is 164. The fraction of sp³-hybridized carbons (Fsp3) is 0.500. The van der Waals surface area contributed by atoms with Crippen LogP contribution in [0.1, 0.15) is 0 Å². The number of hydrogen-bond acceptors (Lipinski definition) is 4. The van der Waals surface area contributed by atoms with E-state index in [2.05, 4.69) is 6.58 Å². The van der Waals surface area contributed by atoms with Gasteiger partial charge in [-0.05, 0) is 5.57 Å². The van der Waals surface area contributed by atoms with E-state index in [1.807, 2.05) is 0 Å². The van der Waals surface area contributed by atoms with Crippen molar-refractivity contribution in [3.05, 3.63) is 24.3 Å². The molecule has 0 aromatic rings. The minimum atomic E-state index is -1.12. The van der Waals surface area contributed by atoms with E-state index in [9.17, 15) is 5.11 Å². The SMILES string of the molecule is C=C(C(O)C=CCO)C(O)CO. The van der Waals surface area contributed by atoms with Crippen LogP contribution in [0.4, 0.5) is 0 Å². The van der Waals surface area contributed by atoms with Crippen LogP contribution in [0.5, 0.6) is 0 Å². The third-order valence-corrected chi connectivity index (χ3v) is 1.40. The van der Waals surface area contributed by atoms with Crippen molar-refractivity contribution in [2.24, 2.45) is 0 Å². The van der Waals surface area contributed by atoms with E-state index in [1.54, 1.807) is 0 Å². The molecule has 0 saturated heterocycles. The first-order valence-electron chi connectivity index (χ1n) is 3.56. The van der Waals surface area contributed by atoms with Crippen LogP contribution in [-0.4, -0.2) is 45.8 Å². The Balaban J connectivity index is 4.00. The van der Waals surface area contributed by atoms with Gasteiger partial charge in [-0.25, -0.2) is 0 Å². The lowest BCUT2D eigenvalue weighted by Crippen LogP contribution is -2.22. The summed E-state index contributed by atoms with van der Waals surface area (Å²) in [6, 6.07) is 0. The second-order valence-corrected chi connectivity index (χ2v) is 2.33. The molecule has 0 radical (unpaired) electrons. The molecule has 4 nitrogen and oxygen atoms in total. The number of hydrogen-bond donors (Lipinski definition) is 4. The molecule has 0 rings (SSSR count). The highest BCUT2D eigenvalue weighted by Crippen LogP contribution is 2.06. The van der Waals surface area contributed by atoms with Gasteiger partial charge in [-0.1, -0.05) is 18.7 Å². The van der Waals surface area contributed by atoms with Gasteiger partial charge in [0.15, 0.2) is 0 Å². The first kappa shape index (κ1) is 11.3. The van der Waals surface area contributed by atoms with E-state index in [0.717, 1.165) is 0 Å². The molecule has 0 amide bonds. The van der Waals surface area contributed by atoms with Crippen molar-refractivity contribution in [1.29, 1.82) is 0 Å². The molecule has 0 aliphatic heterocycles. The van der Waals surface area contributed by atoms with Gasteiger partial charge in [0.25, 0.3) is 0 Å². The van der Waals surface area contributed by atoms with Crippen molar-refractivity contribution in [3.8, 4) is 0 Å². The van der Waals surface area contributed by atoms with Gasteiger partial charge in [-0.15, -0.1) is 0 Å². The van der Waals surface area contributed by atoms with Gasteiger partial charge in [0, 0.05) is 0 Å². The molecule has 0 aliphatic carbocycles. The summed E-state index contributed by atoms with van der Waals surface area (Å²) in [5.41, 5.74) is 0.113. The lowest BCUT2D eigenvalue weighted by molar-refractivity contribution is 0.102. The van der Waals surface area contributed by atoms with Gasteiger partial charge in [0.2, 0.25) is 0 Å². The van der Waals surface area contributed by atoms with Gasteiger partial charge in [0.1, 0.15) is 6.10 Å². The average Bonchev–Trinajstić information content (AvgIpc) is 2.11. The average molecular weight is 174 g/mol. The summed E-state index contributed by atoms with van der Waals surface area (Å²) in [6.07, 6.45) is 0.476. The minimum Gasteiger partial charge on any atom is -0.393 e. The predicted molar refractivity (Wildman–Crippen MR) is 44.5 cm³/mol. The van der Waals surface area contributed by atoms with Gasteiger partial charge in [-0.2, -0.15) is 0 Å². The molecule has 70 valence electrons. The van der Waals surface area contributed by atoms with E-state index < -0.39 is 18.8 Å². The largest absolute Gasteiger partial charge is 0.393 e. The summed E-state index contributed by atoms with van der Waals surface area (Å²) in [6.45, 7) is 2.74. The molecule has 0 saturated carbocycles. The van der Waals surface area contributed by atoms with Crippen molar-refractivity contribution in [2.45, 2.75) is 12.2 Å². The van der Waals surface area contributed by atoms with E-state index in [4.69, 9.17) is 15.3 Å². The predicted octanol–water partition coefficient (Wildman–Crippen LogP) is -1.19. The van der Waals surface area contributed by atoms with E-state index in [1.165, 1.54) is 12.2 Å². The first-order valence-corrected chi connectivity index (χ1v) is 3.56. The fourth-order valence-corrected chi connectivity index (χ4v) is 0.628. The molecule has 4 heteroatoms. The van der Waals surface area contributed by atoms with Gasteiger partial charge in [-0.3, -0.25) is 0 Å². The van der Waals surface area contributed by atoms with Crippen molar-refractivity contribution in [2.75, 3.05) is 13.2 Å². The Hall–Kier alpha value is -0.680. The van der Waals surface area contributed by atoms with Crippen LogP contribution in [0.2, 0.25) is 0 Å². The van der Waals surface area contributed by atoms with Crippen molar-refractivity contribution in [3.63, 3.8) is 0 Å². The van der Waals surface area contributed by atoms with E-state index in [-0.39, 0.29) is 12.2 Å². The summed E-state index contributed by atoms with van der Waals surface area (Å²) in [4.78, 5) is 0. The topological polar surface area (TPSA) is 80.9 Å². The van der Waals surface area contributed by atoms with Crippen LogP contribution < -0.4 is 0 Å². The van der Waals surface area contributed by atoms with E-state index >= 15 is 0 Å². The van der Waals surface area contributed by atoms with Crippen LogP contribution >= 0.6 is 0 Å². The zero-order chi connectivity index (χ0) is 9.56. The molecule has 0 aliphatic rings. The molecule has 4 N–H and O–H groups in total. The molecule has 0 bridgehead atoms. The number of rotatable bonds is 5. The van der Waals surface area contributed by atoms with E-state index in [0.29, 0.717) is 0 Å². The standard InChI is InChI=1S/C8H14O4/c1-6(8(12)5-10)7(11)3-2-4-9/h2-3,7-12H,1,4-5H2. The van der Waals surface area contributed by atoms with Crippen LogP contribution in [0.25, 0.3) is 0 Å². The molecule has 2 atom stereocenters. The van der Waals surface area contributed by atoms with Gasteiger partial charge >= 0.3 is 0 Å². The highest BCUT2D eigenvalue weighted by Gasteiger charge is 2.12. The molecule has 0 spiro atoms. The summed E-state index contributed by atoms with van der Waals surface area (Å²) in [5.74, 6) is 0. The molecule has 0 heterocycles. The summed E-state index contributed by atoms with van der Waals surface area (Å²) in [7, 11) is 0. The Morgan fingerprint density at radius 2 is 1.92 bits per heavy atom. The maximum absolute atomic E-state index is 9.18. The zero-order valence-electron chi connectivity index (χ0n) is 6.72. The fourth-order valence-electron chi connectivity index (χ4n) is 0.628. The lowest BCUT2D eigenvalue weighted by atomic mass is 10.1. The van der Waals surface area contributed by atoms with Crippen molar-refractivity contribution >= 4 is 0 Å². The van der Waals surface area contributed by atoms with Crippen LogP contribution in [0.3, 0.4) is 0 Å². The number of aliphatic hydroxyl groups is 4. The first-order chi connectivity index (χ1) is 5.63. The molecule has 12 heavy (non-hydrogen) atoms. The molecule has 0 fully saturated rings. The minimum absolute atomic E-state index is 0.113. The van der Waals surface area contributed by atoms with Crippen LogP contribution in [-0.2, 0) is 0 Å². The quantitative estimate of drug-likeness (QED) is 0.395. The smallest absolute Gasteiger partial charge is 0.101 e. The molecule has 0 aromatic heterocycles. The normalized spacial score (nSPS) is 16.3. The van der Waals surface area contributed by atoms with Gasteiger partial charge in [0.05, 0.1) is 19.3 Å². The highest BCUT2D eigenvalue weighted by atomic mass is 16.3. The monoisotopic (exact) mass is 174 g/mol. The Morgan fingerprint density at radius 3 is 2.33 bits per heavy atom. The second-order valence-electron chi connectivity index (χ2n) is 2.33. The zero-order valence-corrected chi connectivity index (χ0v) is 6.72. The summed E-state index contributed by atoms with van der Waals surface area (Å²) < 4.78 is 0. The third-order valence-electron chi connectivity index (χ3n) is 1.40. The molecular formula is C8H14O4. The lowest BCUT2D eigenvalue weighted by Gasteiger charge is -2.13. The van der Waals surface area contributed by atoms with Gasteiger partial charge < -0.3 is 20.4 Å². The summed E-state index contributed by atoms with van der Waals surface area (Å²) in [5, 5.41) is 35.0. The Kier molecular flexibility index (Phi) is 5.57. The van der Waals surface area contributed by atoms with Crippen LogP contribution in [0, 0.1) is 0 Å². The summed E-state index contributed by atoms with van der Waals surface area (Å²) >= 11 is 0. The Labute approximate surface area is 71.1 Å². The third kappa shape index (κ3) is 3.64. The van der Waals surface area contributed by atoms with Crippen molar-refractivity contribution < 1.29 is 20.4 Å². The maximum Gasteiger partial charge on any atom is 0.101 e. The molecule has 0 aromatic carbocycles. The highest BCUT2D eigenvalue weighted by molar-refractivity contribution is 5.15.